The van der Waals surface area contributed by atoms with E-state index in [0.717, 1.165) is 11.3 Å². The molecule has 0 radical (unpaired) electrons. The number of benzene rings is 3. The molecule has 5 rings (SSSR count). The fourth-order valence-corrected chi connectivity index (χ4v) is 4.83. The van der Waals surface area contributed by atoms with Gasteiger partial charge in [0.05, 0.1) is 11.4 Å². The van der Waals surface area contributed by atoms with Crippen LogP contribution in [0.15, 0.2) is 107 Å². The van der Waals surface area contributed by atoms with Crippen LogP contribution in [0.4, 0.5) is 11.4 Å². The van der Waals surface area contributed by atoms with Gasteiger partial charge in [-0.15, -0.1) is 48.0 Å². The molecule has 0 unspecified atom stereocenters. The summed E-state index contributed by atoms with van der Waals surface area (Å²) < 4.78 is 0. The van der Waals surface area contributed by atoms with E-state index < -0.39 is 0 Å². The summed E-state index contributed by atoms with van der Waals surface area (Å²) in [5.41, 5.74) is 4.39. The van der Waals surface area contributed by atoms with Gasteiger partial charge in [-0.1, -0.05) is 75.9 Å². The predicted octanol–water partition coefficient (Wildman–Crippen LogP) is 8.68. The molecule has 2 heterocycles. The van der Waals surface area contributed by atoms with Gasteiger partial charge in [0, 0.05) is 16.0 Å². The summed E-state index contributed by atoms with van der Waals surface area (Å²) in [6, 6.07) is 34.3. The van der Waals surface area contributed by atoms with Crippen LogP contribution in [-0.2, 0) is 20.1 Å². The molecule has 0 spiro atoms. The van der Waals surface area contributed by atoms with Crippen LogP contribution >= 0.6 is 11.8 Å². The van der Waals surface area contributed by atoms with Crippen molar-refractivity contribution in [2.24, 2.45) is 0 Å². The number of hydrogen-bond donors (Lipinski definition) is 0. The van der Waals surface area contributed by atoms with Gasteiger partial charge in [-0.25, -0.2) is 0 Å². The van der Waals surface area contributed by atoms with Crippen LogP contribution in [0.2, 0.25) is 0 Å². The summed E-state index contributed by atoms with van der Waals surface area (Å²) in [6.07, 6.45) is 1.59. The largest absolute Gasteiger partial charge is 3.00 e. The van der Waals surface area contributed by atoms with Crippen LogP contribution in [-0.4, -0.2) is 23.4 Å². The summed E-state index contributed by atoms with van der Waals surface area (Å²) in [5.74, 6) is 0. The minimum atomic E-state index is -0.196. The van der Waals surface area contributed by atoms with E-state index in [0.29, 0.717) is 0 Å². The topological polar surface area (TPSA) is 44.3 Å². The Morgan fingerprint density at radius 1 is 0.722 bits per heavy atom. The molecule has 1 aliphatic rings. The van der Waals surface area contributed by atoms with Crippen LogP contribution in [0.3, 0.4) is 0 Å². The zero-order chi connectivity index (χ0) is 24.6. The summed E-state index contributed by atoms with van der Waals surface area (Å²) >= 11 is 1.82. The molecule has 6 heteroatoms. The molecular formula is C30H31IrN4S. The molecule has 0 saturated carbocycles. The zero-order valence-corrected chi connectivity index (χ0v) is 24.2. The quantitative estimate of drug-likeness (QED) is 0.193. The first-order valence-electron chi connectivity index (χ1n) is 12.0. The minimum Gasteiger partial charge on any atom is -0.658 e. The van der Waals surface area contributed by atoms with Crippen molar-refractivity contribution >= 4 is 23.1 Å². The van der Waals surface area contributed by atoms with Crippen LogP contribution in [0.25, 0.3) is 21.9 Å². The summed E-state index contributed by atoms with van der Waals surface area (Å²) in [4.78, 5) is 9.01. The SMILES string of the molecule is CC(C)[N-]C([N-]C(C)C)N1c2ccccc2Sc2ccccc21.[Ir+3].[c-]1ccccc1-c1ccccn1. The first kappa shape index (κ1) is 28.1. The molecule has 36 heavy (non-hydrogen) atoms. The smallest absolute Gasteiger partial charge is 0.658 e. The average molecular weight is 672 g/mol. The molecular weight excluding hydrogens is 641 g/mol. The van der Waals surface area contributed by atoms with Gasteiger partial charge in [0.15, 0.2) is 0 Å². The Labute approximate surface area is 233 Å². The number of aromatic nitrogens is 1. The number of para-hydroxylation sites is 2. The maximum atomic E-state index is 4.89. The summed E-state index contributed by atoms with van der Waals surface area (Å²) in [6.45, 7) is 8.44. The van der Waals surface area contributed by atoms with Crippen LogP contribution in [0.1, 0.15) is 27.7 Å². The third-order valence-electron chi connectivity index (χ3n) is 5.21. The molecule has 0 bridgehead atoms. The second-order valence-electron chi connectivity index (χ2n) is 8.73. The molecule has 0 saturated heterocycles. The van der Waals surface area contributed by atoms with E-state index in [9.17, 15) is 0 Å². The fraction of sp³-hybridized carbons (Fsp3) is 0.233. The summed E-state index contributed by atoms with van der Waals surface area (Å²) in [5, 5.41) is 9.78. The number of nitrogens with zero attached hydrogens (tertiary/aromatic N) is 4. The standard InChI is InChI=1S/C19H23N3S.C11H8N.Ir/c1-13(2)20-19(21-14(3)4)22-15-9-5-7-11-17(15)23-18-12-8-6-10-16(18)22;1-2-6-10(7-3-1)11-8-4-5-9-12-11;/h5-14,19H,1-4H3;1-6,8-9H;/q-2;-1;+3. The molecule has 186 valence electrons. The third kappa shape index (κ3) is 7.28. The van der Waals surface area contributed by atoms with E-state index in [-0.39, 0.29) is 38.5 Å². The number of fused-ring (bicyclic) bond motifs is 2. The number of anilines is 2. The van der Waals surface area contributed by atoms with Gasteiger partial charge in [0.25, 0.3) is 0 Å². The first-order chi connectivity index (χ1) is 17.0. The van der Waals surface area contributed by atoms with Gasteiger partial charge in [0.2, 0.25) is 0 Å². The fourth-order valence-electron chi connectivity index (χ4n) is 3.76. The third-order valence-corrected chi connectivity index (χ3v) is 6.34. The van der Waals surface area contributed by atoms with Gasteiger partial charge in [-0.2, -0.15) is 6.29 Å². The van der Waals surface area contributed by atoms with Crippen molar-refractivity contribution in [2.45, 2.75) is 55.9 Å². The van der Waals surface area contributed by atoms with Crippen molar-refractivity contribution < 1.29 is 20.1 Å². The van der Waals surface area contributed by atoms with Crippen LogP contribution < -0.4 is 4.90 Å². The van der Waals surface area contributed by atoms with Gasteiger partial charge in [-0.05, 0) is 36.0 Å². The number of pyridine rings is 1. The van der Waals surface area contributed by atoms with Crippen molar-refractivity contribution in [3.63, 3.8) is 0 Å². The Hall–Kier alpha value is -2.47. The maximum absolute atomic E-state index is 4.89. The van der Waals surface area contributed by atoms with Crippen molar-refractivity contribution in [3.05, 3.63) is 114 Å². The second-order valence-corrected chi connectivity index (χ2v) is 9.81. The monoisotopic (exact) mass is 672 g/mol. The van der Waals surface area contributed by atoms with E-state index in [1.807, 2.05) is 54.2 Å². The zero-order valence-electron chi connectivity index (χ0n) is 21.0. The first-order valence-corrected chi connectivity index (χ1v) is 12.8. The Balaban J connectivity index is 0.000000234. The molecule has 0 N–H and O–H groups in total. The van der Waals surface area contributed by atoms with E-state index in [1.54, 1.807) is 6.20 Å². The maximum Gasteiger partial charge on any atom is 3.00 e. The number of hydrogen-bond acceptors (Lipinski definition) is 3. The average Bonchev–Trinajstić information content (AvgIpc) is 2.88. The second kappa shape index (κ2) is 13.7. The van der Waals surface area contributed by atoms with E-state index in [4.69, 9.17) is 10.6 Å². The normalized spacial score (nSPS) is 11.9. The van der Waals surface area contributed by atoms with Gasteiger partial charge in [-0.3, -0.25) is 0 Å². The Kier molecular flexibility index (Phi) is 10.7. The van der Waals surface area contributed by atoms with Crippen LogP contribution in [0, 0.1) is 6.07 Å². The van der Waals surface area contributed by atoms with E-state index >= 15 is 0 Å². The van der Waals surface area contributed by atoms with E-state index in [1.165, 1.54) is 21.2 Å². The Morgan fingerprint density at radius 3 is 1.78 bits per heavy atom. The molecule has 3 aromatic carbocycles. The van der Waals surface area contributed by atoms with Crippen molar-refractivity contribution in [1.82, 2.24) is 4.98 Å². The van der Waals surface area contributed by atoms with Gasteiger partial charge in [0.1, 0.15) is 0 Å². The van der Waals surface area contributed by atoms with Crippen LogP contribution in [0.5, 0.6) is 0 Å². The Bertz CT molecular complexity index is 1110. The van der Waals surface area contributed by atoms with Gasteiger partial charge >= 0.3 is 20.1 Å². The minimum absolute atomic E-state index is 0. The predicted molar refractivity (Wildman–Crippen MR) is 148 cm³/mol. The molecule has 4 aromatic rings. The van der Waals surface area contributed by atoms with E-state index in [2.05, 4.69) is 92.2 Å². The molecule has 0 atom stereocenters. The summed E-state index contributed by atoms with van der Waals surface area (Å²) in [7, 11) is 0. The molecule has 0 amide bonds. The molecule has 1 aliphatic heterocycles. The molecule has 1 aromatic heterocycles. The molecule has 4 nitrogen and oxygen atoms in total. The van der Waals surface area contributed by atoms with Crippen molar-refractivity contribution in [3.8, 4) is 11.3 Å². The molecule has 0 aliphatic carbocycles. The Morgan fingerprint density at radius 2 is 1.28 bits per heavy atom. The molecule has 0 fully saturated rings. The van der Waals surface area contributed by atoms with Gasteiger partial charge < -0.3 is 20.5 Å². The van der Waals surface area contributed by atoms with Crippen molar-refractivity contribution in [1.29, 1.82) is 0 Å². The van der Waals surface area contributed by atoms with Crippen molar-refractivity contribution in [2.75, 3.05) is 4.90 Å². The number of rotatable bonds is 6.